The number of fused-ring (bicyclic) bond motifs is 1. The fourth-order valence-corrected chi connectivity index (χ4v) is 6.17. The van der Waals surface area contributed by atoms with Gasteiger partial charge in [-0.1, -0.05) is 30.1 Å². The van der Waals surface area contributed by atoms with Crippen LogP contribution < -0.4 is 16.4 Å². The Morgan fingerprint density at radius 2 is 1.82 bits per heavy atom. The molecule has 0 unspecified atom stereocenters. The number of aromatic nitrogens is 4. The van der Waals surface area contributed by atoms with Crippen LogP contribution in [0.2, 0.25) is 10.0 Å². The normalized spacial score (nSPS) is 25.6. The average Bonchev–Trinajstić information content (AvgIpc) is 3.23. The minimum atomic E-state index is -4.61. The molecule has 2 heterocycles. The summed E-state index contributed by atoms with van der Waals surface area (Å²) >= 11 is 12.5. The van der Waals surface area contributed by atoms with E-state index in [0.717, 1.165) is 31.4 Å². The summed E-state index contributed by atoms with van der Waals surface area (Å²) in [5.41, 5.74) is 5.09. The molecular formula is C26H30Cl2F3N7O2. The zero-order valence-electron chi connectivity index (χ0n) is 21.7. The zero-order valence-corrected chi connectivity index (χ0v) is 23.2. The number of hydrogen-bond donors (Lipinski definition) is 4. The second kappa shape index (κ2) is 10.9. The highest BCUT2D eigenvalue weighted by molar-refractivity contribution is 6.39. The number of amides is 1. The number of alkyl halides is 3. The number of carbonyl (C=O) groups is 1. The molecule has 5 rings (SSSR count). The monoisotopic (exact) mass is 599 g/mol. The second-order valence-electron chi connectivity index (χ2n) is 11.0. The minimum absolute atomic E-state index is 0.0193. The predicted octanol–water partition coefficient (Wildman–Crippen LogP) is 6.22. The maximum Gasteiger partial charge on any atom is 0.416 e. The number of aliphatic hydroxyl groups excluding tert-OH is 1. The van der Waals surface area contributed by atoms with Crippen molar-refractivity contribution in [3.8, 4) is 0 Å². The highest BCUT2D eigenvalue weighted by atomic mass is 35.5. The average molecular weight is 600 g/mol. The van der Waals surface area contributed by atoms with Crippen LogP contribution in [0.5, 0.6) is 0 Å². The van der Waals surface area contributed by atoms with E-state index in [2.05, 4.69) is 20.6 Å². The summed E-state index contributed by atoms with van der Waals surface area (Å²) in [7, 11) is 0. The van der Waals surface area contributed by atoms with E-state index >= 15 is 0 Å². The van der Waals surface area contributed by atoms with E-state index < -0.39 is 17.2 Å². The molecule has 2 aliphatic rings. The van der Waals surface area contributed by atoms with E-state index in [-0.39, 0.29) is 45.8 Å². The van der Waals surface area contributed by atoms with Gasteiger partial charge in [-0.25, -0.2) is 9.97 Å². The number of nitrogens with zero attached hydrogens (tertiary/aromatic N) is 4. The molecule has 0 spiro atoms. The fourth-order valence-electron chi connectivity index (χ4n) is 5.58. The van der Waals surface area contributed by atoms with Crippen LogP contribution in [0.3, 0.4) is 0 Å². The molecule has 9 nitrogen and oxygen atoms in total. The summed E-state index contributed by atoms with van der Waals surface area (Å²) in [6.45, 7) is 1.85. The van der Waals surface area contributed by atoms with E-state index in [4.69, 9.17) is 33.9 Å². The molecule has 2 fully saturated rings. The van der Waals surface area contributed by atoms with E-state index in [1.54, 1.807) is 6.20 Å². The first-order valence-electron chi connectivity index (χ1n) is 13.2. The Bertz CT molecular complexity index is 1400. The van der Waals surface area contributed by atoms with Crippen LogP contribution in [0.25, 0.3) is 11.2 Å². The van der Waals surface area contributed by atoms with Crippen molar-refractivity contribution in [1.82, 2.24) is 19.5 Å². The molecule has 2 atom stereocenters. The first kappa shape index (κ1) is 28.7. The maximum absolute atomic E-state index is 13.3. The Labute approximate surface area is 238 Å². The number of nitrogens with one attached hydrogen (secondary N) is 2. The molecule has 3 aromatic rings. The summed E-state index contributed by atoms with van der Waals surface area (Å²) in [6.07, 6.45) is 1.98. The highest BCUT2D eigenvalue weighted by Crippen LogP contribution is 2.44. The van der Waals surface area contributed by atoms with Crippen LogP contribution >= 0.6 is 23.2 Å². The summed E-state index contributed by atoms with van der Waals surface area (Å²) in [5.74, 6) is 0.306. The van der Waals surface area contributed by atoms with Crippen LogP contribution in [0.4, 0.5) is 30.8 Å². The van der Waals surface area contributed by atoms with Gasteiger partial charge < -0.3 is 21.5 Å². The van der Waals surface area contributed by atoms with E-state index in [0.29, 0.717) is 49.2 Å². The van der Waals surface area contributed by atoms with Gasteiger partial charge in [-0.15, -0.1) is 0 Å². The lowest BCUT2D eigenvalue weighted by Gasteiger charge is -2.35. The summed E-state index contributed by atoms with van der Waals surface area (Å²) < 4.78 is 41.7. The van der Waals surface area contributed by atoms with Gasteiger partial charge in [0.25, 0.3) is 0 Å². The highest BCUT2D eigenvalue weighted by Gasteiger charge is 2.38. The number of carbonyl (C=O) groups excluding carboxylic acids is 1. The standard InChI is InChI=1S/C26H30Cl2F3N7O2/c1-25(22(32)40)7-5-15(6-8-25)38-21-19(12-33-23(37-21)34-14-3-2-4-16(39)11-14)35-24(38)36-20-17(27)9-13(10-18(20)28)26(29,30)31/h9-10,12,14-16,39H,2-8,11H2,1H3,(H2,32,40)(H,35,36)(H,33,34,37)/t14-,15-,16+,25-/m1/s1. The van der Waals surface area contributed by atoms with Crippen molar-refractivity contribution in [1.29, 1.82) is 0 Å². The molecule has 0 saturated heterocycles. The molecule has 0 bridgehead atoms. The number of hydrogen-bond acceptors (Lipinski definition) is 7. The number of benzene rings is 1. The van der Waals surface area contributed by atoms with E-state index in [1.165, 1.54) is 0 Å². The Hall–Kier alpha value is -2.83. The van der Waals surface area contributed by atoms with Gasteiger partial charge in [-0.05, 0) is 63.5 Å². The van der Waals surface area contributed by atoms with Crippen molar-refractivity contribution in [2.24, 2.45) is 11.1 Å². The lowest BCUT2D eigenvalue weighted by molar-refractivity contribution is -0.137. The molecule has 216 valence electrons. The number of imidazole rings is 1. The van der Waals surface area contributed by atoms with Gasteiger partial charge in [0.05, 0.1) is 33.6 Å². The Kier molecular flexibility index (Phi) is 7.79. The molecule has 5 N–H and O–H groups in total. The summed E-state index contributed by atoms with van der Waals surface area (Å²) in [6, 6.07) is 1.49. The first-order valence-corrected chi connectivity index (χ1v) is 13.9. The molecule has 0 aliphatic heterocycles. The lowest BCUT2D eigenvalue weighted by atomic mass is 9.73. The molecule has 2 saturated carbocycles. The van der Waals surface area contributed by atoms with Gasteiger partial charge >= 0.3 is 6.18 Å². The number of halogens is 5. The number of rotatable bonds is 6. The Morgan fingerprint density at radius 1 is 1.15 bits per heavy atom. The van der Waals surface area contributed by atoms with Crippen LogP contribution in [0.1, 0.15) is 69.9 Å². The maximum atomic E-state index is 13.3. The van der Waals surface area contributed by atoms with Crippen LogP contribution in [-0.4, -0.2) is 42.7 Å². The largest absolute Gasteiger partial charge is 0.416 e. The summed E-state index contributed by atoms with van der Waals surface area (Å²) in [5, 5.41) is 16.0. The fraction of sp³-hybridized carbons (Fsp3) is 0.538. The smallest absolute Gasteiger partial charge is 0.393 e. The second-order valence-corrected chi connectivity index (χ2v) is 11.8. The third-order valence-electron chi connectivity index (χ3n) is 8.04. The molecule has 2 aliphatic carbocycles. The number of primary amides is 1. The molecule has 1 aromatic carbocycles. The van der Waals surface area contributed by atoms with Gasteiger partial charge in [0.2, 0.25) is 17.8 Å². The lowest BCUT2D eigenvalue weighted by Crippen LogP contribution is -2.38. The quantitative estimate of drug-likeness (QED) is 0.264. The number of nitrogens with two attached hydrogens (primary N) is 1. The van der Waals surface area contributed by atoms with Crippen molar-refractivity contribution in [2.75, 3.05) is 10.6 Å². The Morgan fingerprint density at radius 3 is 2.42 bits per heavy atom. The third-order valence-corrected chi connectivity index (χ3v) is 8.63. The topological polar surface area (TPSA) is 131 Å². The van der Waals surface area contributed by atoms with Crippen LogP contribution in [0.15, 0.2) is 18.3 Å². The zero-order chi connectivity index (χ0) is 28.8. The molecule has 2 aromatic heterocycles. The van der Waals surface area contributed by atoms with E-state index in [9.17, 15) is 23.1 Å². The van der Waals surface area contributed by atoms with Crippen LogP contribution in [-0.2, 0) is 11.0 Å². The third kappa shape index (κ3) is 5.80. The molecule has 14 heteroatoms. The molecule has 40 heavy (non-hydrogen) atoms. The van der Waals surface area contributed by atoms with Crippen molar-refractivity contribution in [3.63, 3.8) is 0 Å². The molecular weight excluding hydrogens is 570 g/mol. The van der Waals surface area contributed by atoms with Crippen molar-refractivity contribution in [2.45, 2.75) is 82.7 Å². The SMILES string of the molecule is C[C@]1(C(N)=O)CC[C@H](n2c(Nc3c(Cl)cc(C(F)(F)F)cc3Cl)nc3cnc(N[C@@H]4CCC[C@H](O)C4)nc32)CC1. The van der Waals surface area contributed by atoms with Gasteiger partial charge in [-0.3, -0.25) is 9.36 Å². The van der Waals surface area contributed by atoms with Gasteiger partial charge in [0.15, 0.2) is 5.65 Å². The molecule has 0 radical (unpaired) electrons. The van der Waals surface area contributed by atoms with Gasteiger partial charge in [0, 0.05) is 17.5 Å². The molecule has 1 amide bonds. The summed E-state index contributed by atoms with van der Waals surface area (Å²) in [4.78, 5) is 25.8. The first-order chi connectivity index (χ1) is 18.8. The van der Waals surface area contributed by atoms with Crippen molar-refractivity contribution in [3.05, 3.63) is 33.9 Å². The van der Waals surface area contributed by atoms with Gasteiger partial charge in [-0.2, -0.15) is 18.2 Å². The minimum Gasteiger partial charge on any atom is -0.393 e. The van der Waals surface area contributed by atoms with Crippen LogP contribution in [0, 0.1) is 5.41 Å². The van der Waals surface area contributed by atoms with Crippen molar-refractivity contribution >= 4 is 57.9 Å². The number of aliphatic hydroxyl groups is 1. The number of anilines is 3. The van der Waals surface area contributed by atoms with E-state index in [1.807, 2.05) is 11.5 Å². The predicted molar refractivity (Wildman–Crippen MR) is 147 cm³/mol. The van der Waals surface area contributed by atoms with Crippen molar-refractivity contribution < 1.29 is 23.1 Å². The Balaban J connectivity index is 1.53. The van der Waals surface area contributed by atoms with Gasteiger partial charge in [0.1, 0.15) is 5.52 Å².